The largest absolute Gasteiger partial charge is 0.326 e. The predicted octanol–water partition coefficient (Wildman–Crippen LogP) is 4.99. The lowest BCUT2D eigenvalue weighted by Crippen LogP contribution is -2.18. The van der Waals surface area contributed by atoms with Gasteiger partial charge in [-0.05, 0) is 78.9 Å². The molecule has 12 nitrogen and oxygen atoms in total. The maximum Gasteiger partial charge on any atom is 0.229 e. The molecule has 2 aromatic carbocycles. The summed E-state index contributed by atoms with van der Waals surface area (Å²) in [4.78, 5) is 47.4. The molecule has 5 rings (SSSR count). The molecule has 0 unspecified atom stereocenters. The van der Waals surface area contributed by atoms with Crippen molar-refractivity contribution >= 4 is 46.6 Å². The Morgan fingerprint density at radius 3 is 1.33 bits per heavy atom. The van der Waals surface area contributed by atoms with E-state index in [0.717, 1.165) is 48.2 Å². The number of nitrogens with one attached hydrogen (secondary N) is 4. The fraction of sp³-hybridized carbons (Fsp3) is 0.294. The third-order valence-electron chi connectivity index (χ3n) is 7.69. The molecule has 0 spiro atoms. The molecule has 0 saturated heterocycles. The smallest absolute Gasteiger partial charge is 0.229 e. The van der Waals surface area contributed by atoms with Crippen LogP contribution in [0.4, 0.5) is 23.0 Å². The average Bonchev–Trinajstić information content (AvgIpc) is 3.03. The third-order valence-corrected chi connectivity index (χ3v) is 7.69. The molecule has 1 fully saturated rings. The molecule has 0 radical (unpaired) electrons. The van der Waals surface area contributed by atoms with Crippen LogP contribution in [0, 0.1) is 0 Å². The van der Waals surface area contributed by atoms with Crippen LogP contribution in [-0.2, 0) is 32.0 Å². The third kappa shape index (κ3) is 9.24. The Kier molecular flexibility index (Phi) is 10.4. The Morgan fingerprint density at radius 2 is 0.978 bits per heavy atom. The Labute approximate surface area is 266 Å². The SMILES string of the molecule is CC(=O)Nc1ccc(CC(=O)Nc2ccc([C@H]3CCC[C@H](c4ccc(NC(=O)Cc5ccc(NC(C)=O)cc5)nn4)C3)nn2)cc1. The summed E-state index contributed by atoms with van der Waals surface area (Å²) in [6.45, 7) is 2.89. The molecule has 4 amide bonds. The van der Waals surface area contributed by atoms with Gasteiger partial charge in [0.05, 0.1) is 24.2 Å². The van der Waals surface area contributed by atoms with Crippen LogP contribution < -0.4 is 21.3 Å². The number of anilines is 4. The molecule has 1 aliphatic rings. The number of hydrogen-bond acceptors (Lipinski definition) is 8. The molecule has 2 heterocycles. The van der Waals surface area contributed by atoms with Gasteiger partial charge in [0.2, 0.25) is 23.6 Å². The van der Waals surface area contributed by atoms with Gasteiger partial charge in [-0.1, -0.05) is 30.7 Å². The molecule has 1 saturated carbocycles. The first-order valence-corrected chi connectivity index (χ1v) is 15.2. The van der Waals surface area contributed by atoms with Crippen molar-refractivity contribution < 1.29 is 19.2 Å². The summed E-state index contributed by atoms with van der Waals surface area (Å²) < 4.78 is 0. The highest BCUT2D eigenvalue weighted by molar-refractivity contribution is 5.92. The number of rotatable bonds is 10. The van der Waals surface area contributed by atoms with E-state index < -0.39 is 0 Å². The van der Waals surface area contributed by atoms with E-state index >= 15 is 0 Å². The Hall–Kier alpha value is -5.52. The first-order chi connectivity index (χ1) is 22.2. The van der Waals surface area contributed by atoms with Gasteiger partial charge >= 0.3 is 0 Å². The number of aromatic nitrogens is 4. The van der Waals surface area contributed by atoms with Crippen LogP contribution in [0.15, 0.2) is 72.8 Å². The first-order valence-electron chi connectivity index (χ1n) is 15.2. The fourth-order valence-electron chi connectivity index (χ4n) is 5.54. The summed E-state index contributed by atoms with van der Waals surface area (Å²) >= 11 is 0. The van der Waals surface area contributed by atoms with Crippen LogP contribution in [0.3, 0.4) is 0 Å². The van der Waals surface area contributed by atoms with Crippen molar-refractivity contribution in [1.82, 2.24) is 20.4 Å². The first kappa shape index (κ1) is 31.9. The number of benzene rings is 2. The summed E-state index contributed by atoms with van der Waals surface area (Å²) in [5.41, 5.74) is 4.73. The van der Waals surface area contributed by atoms with E-state index in [-0.39, 0.29) is 48.3 Å². The van der Waals surface area contributed by atoms with Crippen molar-refractivity contribution in [2.45, 2.75) is 64.2 Å². The highest BCUT2D eigenvalue weighted by Gasteiger charge is 2.27. The molecular formula is C34H36N8O4. The zero-order chi connectivity index (χ0) is 32.5. The predicted molar refractivity (Wildman–Crippen MR) is 174 cm³/mol. The fourth-order valence-corrected chi connectivity index (χ4v) is 5.54. The van der Waals surface area contributed by atoms with E-state index in [9.17, 15) is 19.2 Å². The molecule has 4 N–H and O–H groups in total. The van der Waals surface area contributed by atoms with Crippen LogP contribution in [0.5, 0.6) is 0 Å². The lowest BCUT2D eigenvalue weighted by Gasteiger charge is -2.28. The van der Waals surface area contributed by atoms with E-state index in [1.54, 1.807) is 60.7 Å². The maximum absolute atomic E-state index is 12.5. The van der Waals surface area contributed by atoms with E-state index in [1.165, 1.54) is 13.8 Å². The van der Waals surface area contributed by atoms with Gasteiger partial charge < -0.3 is 21.3 Å². The van der Waals surface area contributed by atoms with Gasteiger partial charge in [0, 0.05) is 37.1 Å². The number of carbonyl (C=O) groups excluding carboxylic acids is 4. The topological polar surface area (TPSA) is 168 Å². The van der Waals surface area contributed by atoms with Crippen LogP contribution in [0.25, 0.3) is 0 Å². The molecule has 1 aliphatic carbocycles. The molecule has 4 aromatic rings. The monoisotopic (exact) mass is 620 g/mol. The van der Waals surface area contributed by atoms with E-state index in [2.05, 4.69) is 41.7 Å². The molecular weight excluding hydrogens is 584 g/mol. The number of carbonyl (C=O) groups is 4. The lowest BCUT2D eigenvalue weighted by molar-refractivity contribution is -0.116. The molecule has 12 heteroatoms. The zero-order valence-electron chi connectivity index (χ0n) is 25.7. The summed E-state index contributed by atoms with van der Waals surface area (Å²) in [5.74, 6) is 0.479. The van der Waals surface area contributed by atoms with E-state index in [1.807, 2.05) is 12.1 Å². The lowest BCUT2D eigenvalue weighted by atomic mass is 9.78. The minimum atomic E-state index is -0.206. The van der Waals surface area contributed by atoms with Crippen LogP contribution in [-0.4, -0.2) is 44.0 Å². The van der Waals surface area contributed by atoms with Crippen molar-refractivity contribution in [2.75, 3.05) is 21.3 Å². The van der Waals surface area contributed by atoms with Crippen molar-refractivity contribution in [3.63, 3.8) is 0 Å². The second kappa shape index (κ2) is 15.0. The quantitative estimate of drug-likeness (QED) is 0.192. The van der Waals surface area contributed by atoms with E-state index in [0.29, 0.717) is 23.0 Å². The van der Waals surface area contributed by atoms with Crippen molar-refractivity contribution in [2.24, 2.45) is 0 Å². The summed E-state index contributed by atoms with van der Waals surface area (Å²) in [5, 5.41) is 28.3. The maximum atomic E-state index is 12.5. The molecule has 0 aliphatic heterocycles. The van der Waals surface area contributed by atoms with E-state index in [4.69, 9.17) is 0 Å². The second-order valence-corrected chi connectivity index (χ2v) is 11.5. The minimum absolute atomic E-state index is 0.150. The van der Waals surface area contributed by atoms with Crippen molar-refractivity contribution in [3.05, 3.63) is 95.3 Å². The minimum Gasteiger partial charge on any atom is -0.326 e. The van der Waals surface area contributed by atoms with Gasteiger partial charge in [0.25, 0.3) is 0 Å². The van der Waals surface area contributed by atoms with Gasteiger partial charge in [-0.2, -0.15) is 10.2 Å². The van der Waals surface area contributed by atoms with Gasteiger partial charge in [0.15, 0.2) is 11.6 Å². The van der Waals surface area contributed by atoms with Gasteiger partial charge in [-0.15, -0.1) is 10.2 Å². The highest BCUT2D eigenvalue weighted by Crippen LogP contribution is 2.40. The summed E-state index contributed by atoms with van der Waals surface area (Å²) in [6.07, 6.45) is 4.18. The van der Waals surface area contributed by atoms with Gasteiger partial charge in [-0.3, -0.25) is 19.2 Å². The van der Waals surface area contributed by atoms with Crippen molar-refractivity contribution in [3.8, 4) is 0 Å². The number of amides is 4. The summed E-state index contributed by atoms with van der Waals surface area (Å²) in [7, 11) is 0. The van der Waals surface area contributed by atoms with Gasteiger partial charge in [-0.25, -0.2) is 0 Å². The van der Waals surface area contributed by atoms with Crippen molar-refractivity contribution in [1.29, 1.82) is 0 Å². The summed E-state index contributed by atoms with van der Waals surface area (Å²) in [6, 6.07) is 21.6. The Bertz CT molecular complexity index is 1550. The molecule has 236 valence electrons. The second-order valence-electron chi connectivity index (χ2n) is 11.5. The Morgan fingerprint density at radius 1 is 0.565 bits per heavy atom. The molecule has 2 aromatic heterocycles. The molecule has 0 bridgehead atoms. The molecule has 2 atom stereocenters. The zero-order valence-corrected chi connectivity index (χ0v) is 25.7. The van der Waals surface area contributed by atoms with Crippen LogP contribution in [0.2, 0.25) is 0 Å². The number of hydrogen-bond donors (Lipinski definition) is 4. The molecule has 46 heavy (non-hydrogen) atoms. The highest BCUT2D eigenvalue weighted by atomic mass is 16.2. The van der Waals surface area contributed by atoms with Crippen LogP contribution >= 0.6 is 0 Å². The average molecular weight is 621 g/mol. The number of nitrogens with zero attached hydrogens (tertiary/aromatic N) is 4. The standard InChI is InChI=1S/C34H36N8O4/c1-21(43)35-27-10-6-23(7-11-27)18-33(45)37-31-16-14-29(39-41-31)25-4-3-5-26(20-25)30-15-17-32(42-40-30)38-34(46)19-24-8-12-28(13-9-24)36-22(2)44/h6-17,25-26H,3-5,18-20H2,1-2H3,(H,35,43)(H,36,44)(H,37,41,45)(H,38,42,46)/t25-,26-/m0/s1. The van der Waals surface area contributed by atoms with Gasteiger partial charge in [0.1, 0.15) is 0 Å². The normalized spacial score (nSPS) is 15.8. The Balaban J connectivity index is 1.10. The van der Waals surface area contributed by atoms with Crippen LogP contribution in [0.1, 0.15) is 73.9 Å².